The highest BCUT2D eigenvalue weighted by Crippen LogP contribution is 2.50. The van der Waals surface area contributed by atoms with Crippen LogP contribution in [0.15, 0.2) is 18.3 Å². The second kappa shape index (κ2) is 13.6. The molecule has 2 aromatic heterocycles. The summed E-state index contributed by atoms with van der Waals surface area (Å²) in [7, 11) is 1.75. The number of halogens is 1. The normalized spacial score (nSPS) is 16.4. The Morgan fingerprint density at radius 1 is 1.28 bits per heavy atom. The molecule has 2 aromatic rings. The van der Waals surface area contributed by atoms with Crippen LogP contribution in [-0.2, 0) is 39.6 Å². The number of pyridine rings is 1. The van der Waals surface area contributed by atoms with Gasteiger partial charge in [-0.05, 0) is 76.5 Å². The third-order valence-electron chi connectivity index (χ3n) is 7.73. The molecule has 1 fully saturated rings. The van der Waals surface area contributed by atoms with E-state index in [1.54, 1.807) is 11.7 Å². The van der Waals surface area contributed by atoms with Gasteiger partial charge in [-0.1, -0.05) is 17.7 Å². The molecule has 0 unspecified atom stereocenters. The smallest absolute Gasteiger partial charge is 0.326 e. The third-order valence-corrected chi connectivity index (χ3v) is 8.01. The topological polar surface area (TPSA) is 122 Å². The van der Waals surface area contributed by atoms with E-state index >= 15 is 0 Å². The standard InChI is InChI=1S/C28H41ClN6O4/c1-3-39-18-17-35(15-5-4-8-21-10-9-20-7-6-14-30-25(20)32-21)16-11-23(26(36)37)33-27(38)28(12-13-28)24-22(29)19-31-34(24)2/h9-10,19,23H,3-8,11-18H2,1-2H3,(H,30,32)(H,33,38)(H,36,37)/t23-/m0/s1. The largest absolute Gasteiger partial charge is 0.480 e. The van der Waals surface area contributed by atoms with E-state index in [1.807, 2.05) is 6.92 Å². The van der Waals surface area contributed by atoms with Gasteiger partial charge in [-0.25, -0.2) is 9.78 Å². The molecular weight excluding hydrogens is 520 g/mol. The first-order valence-electron chi connectivity index (χ1n) is 14.1. The number of anilines is 1. The summed E-state index contributed by atoms with van der Waals surface area (Å²) < 4.78 is 7.17. The van der Waals surface area contributed by atoms with Gasteiger partial charge in [0.25, 0.3) is 0 Å². The first-order valence-corrected chi connectivity index (χ1v) is 14.5. The lowest BCUT2D eigenvalue weighted by Crippen LogP contribution is -2.47. The zero-order valence-corrected chi connectivity index (χ0v) is 23.8. The lowest BCUT2D eigenvalue weighted by atomic mass is 10.00. The Hall–Kier alpha value is -2.69. The van der Waals surface area contributed by atoms with Crippen molar-refractivity contribution in [3.8, 4) is 0 Å². The predicted molar refractivity (Wildman–Crippen MR) is 150 cm³/mol. The number of aromatic nitrogens is 3. The van der Waals surface area contributed by atoms with E-state index < -0.39 is 17.4 Å². The molecular formula is C28H41ClN6O4. The lowest BCUT2D eigenvalue weighted by molar-refractivity contribution is -0.142. The Morgan fingerprint density at radius 3 is 2.79 bits per heavy atom. The molecule has 11 heteroatoms. The van der Waals surface area contributed by atoms with Crippen LogP contribution >= 0.6 is 11.6 Å². The van der Waals surface area contributed by atoms with Crippen LogP contribution in [0.2, 0.25) is 5.02 Å². The molecule has 3 heterocycles. The van der Waals surface area contributed by atoms with Crippen molar-refractivity contribution in [3.63, 3.8) is 0 Å². The zero-order valence-electron chi connectivity index (χ0n) is 23.0. The maximum atomic E-state index is 13.2. The molecule has 1 saturated carbocycles. The Balaban J connectivity index is 1.29. The van der Waals surface area contributed by atoms with Crippen molar-refractivity contribution in [1.82, 2.24) is 25.0 Å². The van der Waals surface area contributed by atoms with Crippen LogP contribution in [0.25, 0.3) is 0 Å². The van der Waals surface area contributed by atoms with Gasteiger partial charge >= 0.3 is 5.97 Å². The van der Waals surface area contributed by atoms with Gasteiger partial charge in [0, 0.05) is 39.0 Å². The molecule has 1 amide bonds. The molecule has 10 nitrogen and oxygen atoms in total. The van der Waals surface area contributed by atoms with Crippen molar-refractivity contribution in [1.29, 1.82) is 0 Å². The van der Waals surface area contributed by atoms with Crippen molar-refractivity contribution in [2.45, 2.75) is 69.7 Å². The van der Waals surface area contributed by atoms with Gasteiger partial charge in [-0.3, -0.25) is 9.48 Å². The minimum absolute atomic E-state index is 0.298. The van der Waals surface area contributed by atoms with Crippen molar-refractivity contribution in [3.05, 3.63) is 40.3 Å². The van der Waals surface area contributed by atoms with Gasteiger partial charge in [-0.2, -0.15) is 5.10 Å². The molecule has 0 saturated heterocycles. The molecule has 3 N–H and O–H groups in total. The van der Waals surface area contributed by atoms with Crippen molar-refractivity contribution >= 4 is 29.3 Å². The fraction of sp³-hybridized carbons (Fsp3) is 0.643. The van der Waals surface area contributed by atoms with Gasteiger partial charge in [0.15, 0.2) is 0 Å². The number of carbonyl (C=O) groups is 2. The summed E-state index contributed by atoms with van der Waals surface area (Å²) in [5.74, 6) is -0.307. The van der Waals surface area contributed by atoms with E-state index in [1.165, 1.54) is 11.8 Å². The SMILES string of the molecule is CCOCCN(CCCCc1ccc2c(n1)NCCC2)CC[C@H](NC(=O)C1(c2c(Cl)cnn2C)CC1)C(=O)O. The van der Waals surface area contributed by atoms with Crippen LogP contribution in [0.4, 0.5) is 5.82 Å². The minimum atomic E-state index is -1.04. The number of amides is 1. The number of aryl methyl sites for hydroxylation is 3. The predicted octanol–water partition coefficient (Wildman–Crippen LogP) is 3.18. The van der Waals surface area contributed by atoms with Gasteiger partial charge < -0.3 is 25.4 Å². The molecule has 4 rings (SSSR count). The second-order valence-corrected chi connectivity index (χ2v) is 10.9. The van der Waals surface area contributed by atoms with Crippen molar-refractivity contribution in [2.24, 2.45) is 7.05 Å². The monoisotopic (exact) mass is 560 g/mol. The van der Waals surface area contributed by atoms with E-state index in [0.29, 0.717) is 56.3 Å². The average molecular weight is 561 g/mol. The molecule has 2 aliphatic rings. The van der Waals surface area contributed by atoms with Crippen molar-refractivity contribution < 1.29 is 19.4 Å². The molecule has 0 radical (unpaired) electrons. The lowest BCUT2D eigenvalue weighted by Gasteiger charge is -2.25. The van der Waals surface area contributed by atoms with E-state index in [9.17, 15) is 14.7 Å². The van der Waals surface area contributed by atoms with Gasteiger partial charge in [0.2, 0.25) is 5.91 Å². The van der Waals surface area contributed by atoms with Crippen molar-refractivity contribution in [2.75, 3.05) is 44.7 Å². The highest BCUT2D eigenvalue weighted by Gasteiger charge is 2.55. The van der Waals surface area contributed by atoms with E-state index in [0.717, 1.165) is 56.7 Å². The number of ether oxygens (including phenoxy) is 1. The third kappa shape index (κ3) is 7.49. The van der Waals surface area contributed by atoms with Gasteiger partial charge in [0.05, 0.1) is 28.9 Å². The highest BCUT2D eigenvalue weighted by molar-refractivity contribution is 6.31. The maximum Gasteiger partial charge on any atom is 0.326 e. The Labute approximate surface area is 235 Å². The number of hydrogen-bond acceptors (Lipinski definition) is 7. The van der Waals surface area contributed by atoms with E-state index in [2.05, 4.69) is 32.8 Å². The second-order valence-electron chi connectivity index (χ2n) is 10.5. The quantitative estimate of drug-likeness (QED) is 0.268. The molecule has 0 spiro atoms. The van der Waals surface area contributed by atoms with E-state index in [-0.39, 0.29) is 5.91 Å². The van der Waals surface area contributed by atoms with Crippen LogP contribution in [0.3, 0.4) is 0 Å². The summed E-state index contributed by atoms with van der Waals surface area (Å²) in [4.78, 5) is 32.3. The number of carboxylic acids is 1. The molecule has 214 valence electrons. The number of carbonyl (C=O) groups excluding carboxylic acids is 1. The summed E-state index contributed by atoms with van der Waals surface area (Å²) in [6, 6.07) is 3.33. The zero-order chi connectivity index (χ0) is 27.8. The molecule has 0 bridgehead atoms. The summed E-state index contributed by atoms with van der Waals surface area (Å²) >= 11 is 6.30. The Bertz CT molecular complexity index is 1120. The van der Waals surface area contributed by atoms with Crippen LogP contribution in [0.5, 0.6) is 0 Å². The first-order chi connectivity index (χ1) is 18.8. The summed E-state index contributed by atoms with van der Waals surface area (Å²) in [6.07, 6.45) is 8.17. The number of unbranched alkanes of at least 4 members (excludes halogenated alkanes) is 1. The summed E-state index contributed by atoms with van der Waals surface area (Å²) in [6.45, 7) is 6.25. The molecule has 1 aliphatic carbocycles. The summed E-state index contributed by atoms with van der Waals surface area (Å²) in [5, 5.41) is 20.7. The van der Waals surface area contributed by atoms with Gasteiger partial charge in [0.1, 0.15) is 11.9 Å². The fourth-order valence-corrected chi connectivity index (χ4v) is 5.68. The molecule has 1 aliphatic heterocycles. The molecule has 1 atom stereocenters. The number of nitrogens with one attached hydrogen (secondary N) is 2. The number of hydrogen-bond donors (Lipinski definition) is 3. The van der Waals surface area contributed by atoms with E-state index in [4.69, 9.17) is 21.3 Å². The number of aliphatic carboxylic acids is 1. The number of fused-ring (bicyclic) bond motifs is 1. The Morgan fingerprint density at radius 2 is 2.10 bits per heavy atom. The first kappa shape index (κ1) is 29.3. The van der Waals surface area contributed by atoms with Crippen LogP contribution < -0.4 is 10.6 Å². The fourth-order valence-electron chi connectivity index (χ4n) is 5.33. The van der Waals surface area contributed by atoms with Crippen LogP contribution in [0, 0.1) is 0 Å². The van der Waals surface area contributed by atoms with Crippen LogP contribution in [0.1, 0.15) is 62.4 Å². The number of carboxylic acid groups (broad SMARTS) is 1. The Kier molecular flexibility index (Phi) is 10.2. The number of rotatable bonds is 16. The number of nitrogens with zero attached hydrogens (tertiary/aromatic N) is 4. The maximum absolute atomic E-state index is 13.2. The average Bonchev–Trinajstić information content (AvgIpc) is 3.65. The summed E-state index contributed by atoms with van der Waals surface area (Å²) in [5.41, 5.74) is 2.24. The van der Waals surface area contributed by atoms with Gasteiger partial charge in [-0.15, -0.1) is 0 Å². The minimum Gasteiger partial charge on any atom is -0.480 e. The molecule has 39 heavy (non-hydrogen) atoms. The van der Waals surface area contributed by atoms with Crippen LogP contribution in [-0.4, -0.2) is 82.1 Å². The molecule has 0 aromatic carbocycles. The highest BCUT2D eigenvalue weighted by atomic mass is 35.5.